The van der Waals surface area contributed by atoms with E-state index in [9.17, 15) is 4.79 Å². The number of carbonyl (C=O) groups excluding carboxylic acids is 1. The van der Waals surface area contributed by atoms with Gasteiger partial charge in [0.15, 0.2) is 0 Å². The molecule has 1 atom stereocenters. The molecule has 0 saturated heterocycles. The van der Waals surface area contributed by atoms with Crippen LogP contribution in [0.1, 0.15) is 80.8 Å². The summed E-state index contributed by atoms with van der Waals surface area (Å²) in [6.45, 7) is 0.612. The van der Waals surface area contributed by atoms with Crippen LogP contribution in [0.15, 0.2) is 12.2 Å². The number of aromatic nitrogens is 2. The molecular formula is C20H29N3O. The summed E-state index contributed by atoms with van der Waals surface area (Å²) in [6, 6.07) is 0.602. The van der Waals surface area contributed by atoms with Gasteiger partial charge in [-0.2, -0.15) is 5.10 Å². The highest BCUT2D eigenvalue weighted by Crippen LogP contribution is 2.34. The first kappa shape index (κ1) is 15.9. The maximum Gasteiger partial charge on any atom is 0.223 e. The molecule has 1 saturated carbocycles. The summed E-state index contributed by atoms with van der Waals surface area (Å²) in [5.74, 6) is 0.363. The Kier molecular flexibility index (Phi) is 4.72. The van der Waals surface area contributed by atoms with Crippen molar-refractivity contribution in [2.75, 3.05) is 0 Å². The monoisotopic (exact) mass is 327 g/mol. The third kappa shape index (κ3) is 3.15. The van der Waals surface area contributed by atoms with Crippen LogP contribution in [0.25, 0.3) is 0 Å². The quantitative estimate of drug-likeness (QED) is 0.854. The molecule has 1 amide bonds. The molecule has 4 heteroatoms. The van der Waals surface area contributed by atoms with Crippen LogP contribution in [0.5, 0.6) is 0 Å². The molecule has 0 unspecified atom stereocenters. The zero-order valence-electron chi connectivity index (χ0n) is 14.6. The number of carbonyl (C=O) groups is 1. The van der Waals surface area contributed by atoms with E-state index in [1.54, 1.807) is 0 Å². The van der Waals surface area contributed by atoms with Crippen molar-refractivity contribution in [3.63, 3.8) is 0 Å². The Bertz CT molecular complexity index is 625. The molecule has 0 bridgehead atoms. The summed E-state index contributed by atoms with van der Waals surface area (Å²) in [5, 5.41) is 8.15. The van der Waals surface area contributed by atoms with Gasteiger partial charge in [-0.1, -0.05) is 25.0 Å². The molecule has 1 aromatic heterocycles. The molecule has 0 spiro atoms. The van der Waals surface area contributed by atoms with E-state index in [1.807, 2.05) is 0 Å². The number of fused-ring (bicyclic) bond motifs is 1. The van der Waals surface area contributed by atoms with E-state index >= 15 is 0 Å². The average molecular weight is 327 g/mol. The molecule has 0 aliphatic heterocycles. The number of nitrogens with one attached hydrogen (secondary N) is 1. The fourth-order valence-corrected chi connectivity index (χ4v) is 4.64. The minimum atomic E-state index is 0.155. The van der Waals surface area contributed by atoms with Gasteiger partial charge in [0.1, 0.15) is 0 Å². The van der Waals surface area contributed by atoms with E-state index in [-0.39, 0.29) is 11.8 Å². The Hall–Kier alpha value is -1.58. The summed E-state index contributed by atoms with van der Waals surface area (Å²) in [6.07, 6.45) is 17.3. The maximum absolute atomic E-state index is 12.4. The van der Waals surface area contributed by atoms with E-state index in [2.05, 4.69) is 22.2 Å². The first-order valence-corrected chi connectivity index (χ1v) is 9.85. The van der Waals surface area contributed by atoms with Crippen molar-refractivity contribution in [2.45, 2.75) is 83.2 Å². The van der Waals surface area contributed by atoms with Crippen molar-refractivity contribution in [1.82, 2.24) is 15.1 Å². The van der Waals surface area contributed by atoms with Crippen molar-refractivity contribution in [1.29, 1.82) is 0 Å². The smallest absolute Gasteiger partial charge is 0.223 e. The van der Waals surface area contributed by atoms with Gasteiger partial charge in [-0.15, -0.1) is 0 Å². The third-order valence-corrected chi connectivity index (χ3v) is 6.03. The lowest BCUT2D eigenvalue weighted by Crippen LogP contribution is -2.31. The molecule has 0 aromatic carbocycles. The van der Waals surface area contributed by atoms with Gasteiger partial charge in [-0.3, -0.25) is 9.48 Å². The van der Waals surface area contributed by atoms with Gasteiger partial charge >= 0.3 is 0 Å². The zero-order chi connectivity index (χ0) is 16.4. The van der Waals surface area contributed by atoms with Crippen molar-refractivity contribution in [3.8, 4) is 0 Å². The van der Waals surface area contributed by atoms with Crippen LogP contribution < -0.4 is 5.32 Å². The summed E-state index contributed by atoms with van der Waals surface area (Å²) in [4.78, 5) is 12.4. The van der Waals surface area contributed by atoms with E-state index < -0.39 is 0 Å². The predicted octanol–water partition coefficient (Wildman–Crippen LogP) is 3.85. The van der Waals surface area contributed by atoms with Gasteiger partial charge in [-0.25, -0.2) is 0 Å². The van der Waals surface area contributed by atoms with Crippen LogP contribution in [0.3, 0.4) is 0 Å². The van der Waals surface area contributed by atoms with Gasteiger partial charge in [0.2, 0.25) is 5.91 Å². The highest BCUT2D eigenvalue weighted by molar-refractivity contribution is 5.78. The highest BCUT2D eigenvalue weighted by Gasteiger charge is 2.27. The predicted molar refractivity (Wildman–Crippen MR) is 94.7 cm³/mol. The standard InChI is InChI=1S/C20H29N3O/c24-20(15-8-2-1-3-9-15)21-14-18-17-12-6-7-13-19(17)23(22-18)16-10-4-5-11-16/h1-2,15-16H,3-14H2,(H,21,24)/t15-/m1/s1. The Balaban J connectivity index is 1.48. The number of rotatable bonds is 4. The van der Waals surface area contributed by atoms with E-state index in [4.69, 9.17) is 5.10 Å². The Labute approximate surface area is 144 Å². The van der Waals surface area contributed by atoms with Crippen molar-refractivity contribution >= 4 is 5.91 Å². The maximum atomic E-state index is 12.4. The lowest BCUT2D eigenvalue weighted by molar-refractivity contribution is -0.125. The number of allylic oxidation sites excluding steroid dienone is 2. The summed E-state index contributed by atoms with van der Waals surface area (Å²) < 4.78 is 2.34. The summed E-state index contributed by atoms with van der Waals surface area (Å²) >= 11 is 0. The molecule has 4 nitrogen and oxygen atoms in total. The summed E-state index contributed by atoms with van der Waals surface area (Å²) in [7, 11) is 0. The second-order valence-corrected chi connectivity index (χ2v) is 7.66. The Morgan fingerprint density at radius 1 is 1.12 bits per heavy atom. The number of hydrogen-bond acceptors (Lipinski definition) is 2. The van der Waals surface area contributed by atoms with Crippen LogP contribution in [-0.2, 0) is 24.2 Å². The van der Waals surface area contributed by atoms with E-state index in [0.29, 0.717) is 12.6 Å². The molecule has 1 aromatic rings. The molecule has 0 radical (unpaired) electrons. The molecule has 3 aliphatic rings. The second-order valence-electron chi connectivity index (χ2n) is 7.66. The first-order chi connectivity index (χ1) is 11.8. The fourth-order valence-electron chi connectivity index (χ4n) is 4.64. The van der Waals surface area contributed by atoms with E-state index in [1.165, 1.54) is 56.2 Å². The Morgan fingerprint density at radius 3 is 2.75 bits per heavy atom. The normalized spacial score (nSPS) is 24.1. The minimum absolute atomic E-state index is 0.155. The van der Waals surface area contributed by atoms with E-state index in [0.717, 1.165) is 31.4 Å². The second kappa shape index (κ2) is 7.12. The lowest BCUT2D eigenvalue weighted by atomic mass is 9.93. The van der Waals surface area contributed by atoms with Gasteiger partial charge in [0.25, 0.3) is 0 Å². The number of hydrogen-bond donors (Lipinski definition) is 1. The molecular weight excluding hydrogens is 298 g/mol. The van der Waals surface area contributed by atoms with Gasteiger partial charge in [0.05, 0.1) is 18.3 Å². The van der Waals surface area contributed by atoms with Crippen LogP contribution in [-0.4, -0.2) is 15.7 Å². The van der Waals surface area contributed by atoms with Crippen molar-refractivity contribution < 1.29 is 4.79 Å². The lowest BCUT2D eigenvalue weighted by Gasteiger charge is -2.18. The molecule has 1 fully saturated rings. The molecule has 1 N–H and O–H groups in total. The van der Waals surface area contributed by atoms with Crippen molar-refractivity contribution in [3.05, 3.63) is 29.1 Å². The average Bonchev–Trinajstić information content (AvgIpc) is 3.28. The van der Waals surface area contributed by atoms with Gasteiger partial charge in [-0.05, 0) is 63.4 Å². The third-order valence-electron chi connectivity index (χ3n) is 6.03. The molecule has 1 heterocycles. The molecule has 130 valence electrons. The van der Waals surface area contributed by atoms with Crippen LogP contribution >= 0.6 is 0 Å². The Morgan fingerprint density at radius 2 is 1.96 bits per heavy atom. The molecule has 4 rings (SSSR count). The van der Waals surface area contributed by atoms with Crippen LogP contribution in [0.4, 0.5) is 0 Å². The molecule has 3 aliphatic carbocycles. The van der Waals surface area contributed by atoms with Gasteiger partial charge < -0.3 is 5.32 Å². The zero-order valence-corrected chi connectivity index (χ0v) is 14.6. The minimum Gasteiger partial charge on any atom is -0.350 e. The largest absolute Gasteiger partial charge is 0.350 e. The topological polar surface area (TPSA) is 46.9 Å². The number of nitrogens with zero attached hydrogens (tertiary/aromatic N) is 2. The van der Waals surface area contributed by atoms with Gasteiger partial charge in [0, 0.05) is 11.6 Å². The fraction of sp³-hybridized carbons (Fsp3) is 0.700. The number of amides is 1. The van der Waals surface area contributed by atoms with Crippen LogP contribution in [0.2, 0.25) is 0 Å². The summed E-state index contributed by atoms with van der Waals surface area (Å²) in [5.41, 5.74) is 4.05. The first-order valence-electron chi connectivity index (χ1n) is 9.85. The van der Waals surface area contributed by atoms with Crippen molar-refractivity contribution in [2.24, 2.45) is 5.92 Å². The highest BCUT2D eigenvalue weighted by atomic mass is 16.1. The molecule has 24 heavy (non-hydrogen) atoms. The van der Waals surface area contributed by atoms with Crippen LogP contribution in [0, 0.1) is 5.92 Å². The SMILES string of the molecule is O=C(NCc1nn(C2CCCC2)c2c1CCCC2)[C@@H]1CC=CCC1.